The average Bonchev–Trinajstić information content (AvgIpc) is 2.04. The minimum Gasteiger partial charge on any atom is -0.379 e. The fourth-order valence-electron chi connectivity index (χ4n) is 1.31. The predicted octanol–water partition coefficient (Wildman–Crippen LogP) is 0.431. The maximum atomic E-state index is 5.23. The lowest BCUT2D eigenvalue weighted by Gasteiger charge is -2.29. The van der Waals surface area contributed by atoms with Crippen molar-refractivity contribution >= 4 is 12.4 Å². The molecule has 0 aromatic carbocycles. The van der Waals surface area contributed by atoms with E-state index in [-0.39, 0.29) is 24.6 Å². The molecule has 1 heterocycles. The molecule has 0 amide bonds. The molecule has 1 aliphatic heterocycles. The Morgan fingerprint density at radius 1 is 1.18 bits per heavy atom. The molecule has 1 N–H and O–H groups in total. The van der Waals surface area contributed by atoms with Crippen LogP contribution in [0.2, 0.25) is 0 Å². The van der Waals surface area contributed by atoms with Crippen LogP contribution in [0.5, 0.6) is 0 Å². The third kappa shape index (κ3) is 2.95. The molecule has 4 heteroatoms. The topological polar surface area (TPSA) is 30.5 Å². The van der Waals surface area contributed by atoms with Crippen molar-refractivity contribution in [2.45, 2.75) is 18.6 Å². The molecule has 11 heavy (non-hydrogen) atoms. The first kappa shape index (κ1) is 11.2. The van der Waals surface area contributed by atoms with E-state index in [9.17, 15) is 0 Å². The van der Waals surface area contributed by atoms with Gasteiger partial charge in [-0.25, -0.2) is 0 Å². The zero-order chi connectivity index (χ0) is 7.40. The van der Waals surface area contributed by atoms with Crippen molar-refractivity contribution in [3.8, 4) is 0 Å². The molecule has 3 nitrogen and oxygen atoms in total. The SMILES string of the molecule is CO[C@H]1CNCC[C@H]1OC.Cl. The Kier molecular flexibility index (Phi) is 5.86. The van der Waals surface area contributed by atoms with E-state index in [1.165, 1.54) is 0 Å². The van der Waals surface area contributed by atoms with Crippen LogP contribution < -0.4 is 5.32 Å². The van der Waals surface area contributed by atoms with E-state index in [0.717, 1.165) is 19.5 Å². The molecule has 0 aliphatic carbocycles. The maximum absolute atomic E-state index is 5.23. The Labute approximate surface area is 73.9 Å². The average molecular weight is 182 g/mol. The largest absolute Gasteiger partial charge is 0.379 e. The van der Waals surface area contributed by atoms with Crippen LogP contribution in [0.15, 0.2) is 0 Å². The quantitative estimate of drug-likeness (QED) is 0.671. The van der Waals surface area contributed by atoms with Crippen molar-refractivity contribution in [1.82, 2.24) is 5.32 Å². The van der Waals surface area contributed by atoms with Crippen LogP contribution in [0.25, 0.3) is 0 Å². The summed E-state index contributed by atoms with van der Waals surface area (Å²) in [6.45, 7) is 1.95. The summed E-state index contributed by atoms with van der Waals surface area (Å²) in [6.07, 6.45) is 1.57. The van der Waals surface area contributed by atoms with Gasteiger partial charge in [-0.2, -0.15) is 0 Å². The number of rotatable bonds is 2. The van der Waals surface area contributed by atoms with Gasteiger partial charge in [0.1, 0.15) is 0 Å². The summed E-state index contributed by atoms with van der Waals surface area (Å²) in [5.41, 5.74) is 0. The van der Waals surface area contributed by atoms with E-state index in [1.54, 1.807) is 14.2 Å². The number of piperidine rings is 1. The molecule has 0 bridgehead atoms. The molecule has 1 aliphatic rings. The van der Waals surface area contributed by atoms with Crippen LogP contribution in [0.1, 0.15) is 6.42 Å². The third-order valence-corrected chi connectivity index (χ3v) is 1.97. The molecule has 1 saturated heterocycles. The molecule has 2 atom stereocenters. The van der Waals surface area contributed by atoms with Crippen molar-refractivity contribution in [2.75, 3.05) is 27.3 Å². The number of ether oxygens (including phenoxy) is 2. The lowest BCUT2D eigenvalue weighted by atomic mass is 10.1. The smallest absolute Gasteiger partial charge is 0.0957 e. The van der Waals surface area contributed by atoms with Gasteiger partial charge < -0.3 is 14.8 Å². The molecular formula is C7H16ClNO2. The molecule has 1 fully saturated rings. The highest BCUT2D eigenvalue weighted by Gasteiger charge is 2.23. The zero-order valence-electron chi connectivity index (χ0n) is 7.00. The van der Waals surface area contributed by atoms with Gasteiger partial charge in [-0.1, -0.05) is 0 Å². The molecule has 0 unspecified atom stereocenters. The molecule has 68 valence electrons. The number of hydrogen-bond donors (Lipinski definition) is 1. The predicted molar refractivity (Wildman–Crippen MR) is 46.3 cm³/mol. The Morgan fingerprint density at radius 2 is 1.82 bits per heavy atom. The van der Waals surface area contributed by atoms with E-state index in [4.69, 9.17) is 9.47 Å². The van der Waals surface area contributed by atoms with E-state index < -0.39 is 0 Å². The van der Waals surface area contributed by atoms with Gasteiger partial charge in [0.25, 0.3) is 0 Å². The fraction of sp³-hybridized carbons (Fsp3) is 1.00. The van der Waals surface area contributed by atoms with Crippen molar-refractivity contribution in [2.24, 2.45) is 0 Å². The molecular weight excluding hydrogens is 166 g/mol. The van der Waals surface area contributed by atoms with E-state index >= 15 is 0 Å². The summed E-state index contributed by atoms with van der Waals surface area (Å²) in [5.74, 6) is 0. The summed E-state index contributed by atoms with van der Waals surface area (Å²) in [7, 11) is 3.46. The number of methoxy groups -OCH3 is 2. The first-order valence-electron chi connectivity index (χ1n) is 3.64. The van der Waals surface area contributed by atoms with Crippen molar-refractivity contribution < 1.29 is 9.47 Å². The normalized spacial score (nSPS) is 31.1. The minimum absolute atomic E-state index is 0. The van der Waals surface area contributed by atoms with Crippen LogP contribution >= 0.6 is 12.4 Å². The van der Waals surface area contributed by atoms with Gasteiger partial charge in [0.05, 0.1) is 12.2 Å². The summed E-state index contributed by atoms with van der Waals surface area (Å²) >= 11 is 0. The number of hydrogen-bond acceptors (Lipinski definition) is 3. The standard InChI is InChI=1S/C7H15NO2.ClH/c1-9-6-3-4-8-5-7(6)10-2;/h6-8H,3-5H2,1-2H3;1H/t6-,7+;/m1./s1. The van der Waals surface area contributed by atoms with Gasteiger partial charge in [-0.15, -0.1) is 12.4 Å². The lowest BCUT2D eigenvalue weighted by Crippen LogP contribution is -2.45. The van der Waals surface area contributed by atoms with Gasteiger partial charge in [-0.3, -0.25) is 0 Å². The second-order valence-corrected chi connectivity index (χ2v) is 2.54. The summed E-state index contributed by atoms with van der Waals surface area (Å²) < 4.78 is 10.4. The lowest BCUT2D eigenvalue weighted by molar-refractivity contribution is -0.0500. The van der Waals surface area contributed by atoms with E-state index in [0.29, 0.717) is 0 Å². The number of nitrogens with one attached hydrogen (secondary N) is 1. The zero-order valence-corrected chi connectivity index (χ0v) is 7.82. The molecule has 0 saturated carbocycles. The van der Waals surface area contributed by atoms with Gasteiger partial charge >= 0.3 is 0 Å². The van der Waals surface area contributed by atoms with Crippen LogP contribution in [0.4, 0.5) is 0 Å². The van der Waals surface area contributed by atoms with Gasteiger partial charge in [0.15, 0.2) is 0 Å². The van der Waals surface area contributed by atoms with Crippen molar-refractivity contribution in [1.29, 1.82) is 0 Å². The van der Waals surface area contributed by atoms with Crippen LogP contribution in [-0.2, 0) is 9.47 Å². The Morgan fingerprint density at radius 3 is 2.27 bits per heavy atom. The van der Waals surface area contributed by atoms with Gasteiger partial charge in [0, 0.05) is 20.8 Å². The van der Waals surface area contributed by atoms with Crippen LogP contribution in [0, 0.1) is 0 Å². The fourth-order valence-corrected chi connectivity index (χ4v) is 1.31. The van der Waals surface area contributed by atoms with Crippen molar-refractivity contribution in [3.05, 3.63) is 0 Å². The van der Waals surface area contributed by atoms with E-state index in [1.807, 2.05) is 0 Å². The second kappa shape index (κ2) is 5.77. The minimum atomic E-state index is 0. The first-order valence-corrected chi connectivity index (χ1v) is 3.64. The summed E-state index contributed by atoms with van der Waals surface area (Å²) in [5, 5.41) is 3.25. The summed E-state index contributed by atoms with van der Waals surface area (Å²) in [4.78, 5) is 0. The summed E-state index contributed by atoms with van der Waals surface area (Å²) in [6, 6.07) is 0. The first-order chi connectivity index (χ1) is 4.88. The maximum Gasteiger partial charge on any atom is 0.0957 e. The molecule has 0 spiro atoms. The van der Waals surface area contributed by atoms with Crippen LogP contribution in [0.3, 0.4) is 0 Å². The molecule has 0 aromatic heterocycles. The Hall–Kier alpha value is 0.170. The molecule has 0 aromatic rings. The molecule has 0 radical (unpaired) electrons. The molecule has 1 rings (SSSR count). The Balaban J connectivity index is 0.000001000. The van der Waals surface area contributed by atoms with Gasteiger partial charge in [0.2, 0.25) is 0 Å². The van der Waals surface area contributed by atoms with Gasteiger partial charge in [-0.05, 0) is 13.0 Å². The van der Waals surface area contributed by atoms with Crippen molar-refractivity contribution in [3.63, 3.8) is 0 Å². The Bertz CT molecular complexity index is 90.4. The second-order valence-electron chi connectivity index (χ2n) is 2.54. The van der Waals surface area contributed by atoms with Crippen LogP contribution in [-0.4, -0.2) is 39.5 Å². The highest BCUT2D eigenvalue weighted by Crippen LogP contribution is 2.09. The monoisotopic (exact) mass is 181 g/mol. The van der Waals surface area contributed by atoms with E-state index in [2.05, 4.69) is 5.32 Å². The highest BCUT2D eigenvalue weighted by molar-refractivity contribution is 5.85. The third-order valence-electron chi connectivity index (χ3n) is 1.97. The number of halogens is 1. The highest BCUT2D eigenvalue weighted by atomic mass is 35.5.